The highest BCUT2D eigenvalue weighted by Crippen LogP contribution is 2.48. The number of rotatable bonds is 2. The highest BCUT2D eigenvalue weighted by molar-refractivity contribution is 5.26. The van der Waals surface area contributed by atoms with E-state index in [0.29, 0.717) is 0 Å². The summed E-state index contributed by atoms with van der Waals surface area (Å²) >= 11 is 0. The zero-order valence-corrected chi connectivity index (χ0v) is 8.42. The van der Waals surface area contributed by atoms with E-state index in [1.165, 1.54) is 0 Å². The van der Waals surface area contributed by atoms with E-state index >= 15 is 0 Å². The fourth-order valence-corrected chi connectivity index (χ4v) is 1.68. The molecule has 0 spiro atoms. The zero-order chi connectivity index (χ0) is 9.69. The molecular weight excluding hydrogens is 164 g/mol. The van der Waals surface area contributed by atoms with Crippen molar-refractivity contribution < 1.29 is 4.52 Å². The average Bonchev–Trinajstić information content (AvgIpc) is 2.63. The van der Waals surface area contributed by atoms with Crippen LogP contribution in [0.2, 0.25) is 0 Å². The van der Waals surface area contributed by atoms with Gasteiger partial charge in [0.1, 0.15) is 5.76 Å². The summed E-state index contributed by atoms with van der Waals surface area (Å²) in [6.45, 7) is 6.18. The summed E-state index contributed by atoms with van der Waals surface area (Å²) in [7, 11) is 0. The van der Waals surface area contributed by atoms with Crippen molar-refractivity contribution in [2.45, 2.75) is 44.6 Å². The van der Waals surface area contributed by atoms with Crippen molar-refractivity contribution in [1.29, 1.82) is 0 Å². The van der Waals surface area contributed by atoms with Gasteiger partial charge in [0.2, 0.25) is 0 Å². The van der Waals surface area contributed by atoms with E-state index in [2.05, 4.69) is 19.0 Å². The van der Waals surface area contributed by atoms with Crippen LogP contribution in [-0.4, -0.2) is 10.7 Å². The predicted molar refractivity (Wildman–Crippen MR) is 50.4 cm³/mol. The molecule has 1 aliphatic carbocycles. The Bertz CT molecular complexity index is 323. The smallest absolute Gasteiger partial charge is 0.133 e. The van der Waals surface area contributed by atoms with Crippen LogP contribution in [0.25, 0.3) is 0 Å². The van der Waals surface area contributed by atoms with Crippen molar-refractivity contribution in [3.63, 3.8) is 0 Å². The van der Waals surface area contributed by atoms with Gasteiger partial charge in [-0.2, -0.15) is 0 Å². The van der Waals surface area contributed by atoms with Crippen LogP contribution >= 0.6 is 0 Å². The number of aromatic nitrogens is 1. The lowest BCUT2D eigenvalue weighted by Gasteiger charge is -2.29. The lowest BCUT2D eigenvalue weighted by Crippen LogP contribution is -2.43. The molecule has 0 aliphatic heterocycles. The number of hydrogen-bond acceptors (Lipinski definition) is 3. The summed E-state index contributed by atoms with van der Waals surface area (Å²) in [5, 5.41) is 4.04. The van der Waals surface area contributed by atoms with Crippen LogP contribution < -0.4 is 5.73 Å². The van der Waals surface area contributed by atoms with E-state index in [4.69, 9.17) is 10.3 Å². The maximum Gasteiger partial charge on any atom is 0.133 e. The van der Waals surface area contributed by atoms with Gasteiger partial charge in [0, 0.05) is 17.0 Å². The number of nitrogens with two attached hydrogens (primary N) is 1. The van der Waals surface area contributed by atoms with Gasteiger partial charge in [0.25, 0.3) is 0 Å². The van der Waals surface area contributed by atoms with Gasteiger partial charge >= 0.3 is 0 Å². The Labute approximate surface area is 78.3 Å². The topological polar surface area (TPSA) is 52.0 Å². The standard InChI is InChI=1S/C10H16N2O/c1-7-6-8(12-13-7)9(2,3)10(11)4-5-10/h6H,4-5,11H2,1-3H3. The van der Waals surface area contributed by atoms with Crippen molar-refractivity contribution in [3.8, 4) is 0 Å². The first kappa shape index (κ1) is 8.75. The molecule has 1 fully saturated rings. The maximum absolute atomic E-state index is 6.18. The van der Waals surface area contributed by atoms with Crippen LogP contribution in [0.3, 0.4) is 0 Å². The van der Waals surface area contributed by atoms with Crippen molar-refractivity contribution in [2.75, 3.05) is 0 Å². The first-order valence-corrected chi connectivity index (χ1v) is 4.68. The SMILES string of the molecule is Cc1cc(C(C)(C)C2(N)CC2)no1. The van der Waals surface area contributed by atoms with Crippen LogP contribution in [0.1, 0.15) is 38.1 Å². The Kier molecular flexibility index (Phi) is 1.58. The molecule has 1 heterocycles. The molecule has 0 aromatic carbocycles. The monoisotopic (exact) mass is 180 g/mol. The van der Waals surface area contributed by atoms with Gasteiger partial charge in [0.05, 0.1) is 5.69 Å². The molecule has 13 heavy (non-hydrogen) atoms. The number of nitrogens with zero attached hydrogens (tertiary/aromatic N) is 1. The van der Waals surface area contributed by atoms with Gasteiger partial charge in [-0.15, -0.1) is 0 Å². The van der Waals surface area contributed by atoms with Gasteiger partial charge in [-0.1, -0.05) is 19.0 Å². The van der Waals surface area contributed by atoms with Gasteiger partial charge < -0.3 is 10.3 Å². The normalized spacial score (nSPS) is 20.3. The number of hydrogen-bond donors (Lipinski definition) is 1. The summed E-state index contributed by atoms with van der Waals surface area (Å²) in [5.74, 6) is 0.854. The van der Waals surface area contributed by atoms with Crippen LogP contribution in [0, 0.1) is 6.92 Å². The van der Waals surface area contributed by atoms with E-state index in [0.717, 1.165) is 24.3 Å². The van der Waals surface area contributed by atoms with Crippen molar-refractivity contribution in [1.82, 2.24) is 5.16 Å². The van der Waals surface area contributed by atoms with E-state index < -0.39 is 0 Å². The van der Waals surface area contributed by atoms with Gasteiger partial charge in [-0.25, -0.2) is 0 Å². The van der Waals surface area contributed by atoms with E-state index in [-0.39, 0.29) is 11.0 Å². The summed E-state index contributed by atoms with van der Waals surface area (Å²) in [5.41, 5.74) is 7.04. The second-order valence-corrected chi connectivity index (χ2v) is 4.60. The lowest BCUT2D eigenvalue weighted by molar-refractivity contribution is 0.334. The molecule has 1 aromatic heterocycles. The lowest BCUT2D eigenvalue weighted by atomic mass is 9.79. The third-order valence-electron chi connectivity index (χ3n) is 3.30. The minimum atomic E-state index is -0.0647. The largest absolute Gasteiger partial charge is 0.361 e. The molecule has 3 nitrogen and oxygen atoms in total. The average molecular weight is 180 g/mol. The molecule has 0 bridgehead atoms. The fraction of sp³-hybridized carbons (Fsp3) is 0.700. The fourth-order valence-electron chi connectivity index (χ4n) is 1.68. The molecule has 1 aliphatic rings. The predicted octanol–water partition coefficient (Wildman–Crippen LogP) is 1.75. The Morgan fingerprint density at radius 3 is 2.54 bits per heavy atom. The molecule has 0 saturated heterocycles. The summed E-state index contributed by atoms with van der Waals surface area (Å²) in [6.07, 6.45) is 2.18. The summed E-state index contributed by atoms with van der Waals surface area (Å²) < 4.78 is 5.07. The molecule has 2 rings (SSSR count). The van der Waals surface area contributed by atoms with Crippen molar-refractivity contribution in [2.24, 2.45) is 5.73 Å². The van der Waals surface area contributed by atoms with E-state index in [9.17, 15) is 0 Å². The first-order chi connectivity index (χ1) is 5.96. The van der Waals surface area contributed by atoms with Gasteiger partial charge in [0.15, 0.2) is 0 Å². The highest BCUT2D eigenvalue weighted by Gasteiger charge is 2.53. The molecule has 3 heteroatoms. The van der Waals surface area contributed by atoms with Crippen LogP contribution in [0.15, 0.2) is 10.6 Å². The Balaban J connectivity index is 2.34. The van der Waals surface area contributed by atoms with Crippen LogP contribution in [0.5, 0.6) is 0 Å². The molecule has 0 atom stereocenters. The van der Waals surface area contributed by atoms with Crippen LogP contribution in [-0.2, 0) is 5.41 Å². The third kappa shape index (κ3) is 1.18. The molecule has 0 unspecified atom stereocenters. The molecule has 2 N–H and O–H groups in total. The summed E-state index contributed by atoms with van der Waals surface area (Å²) in [4.78, 5) is 0. The van der Waals surface area contributed by atoms with Gasteiger partial charge in [-0.3, -0.25) is 0 Å². The molecule has 0 radical (unpaired) electrons. The molecule has 1 aromatic rings. The zero-order valence-electron chi connectivity index (χ0n) is 8.42. The highest BCUT2D eigenvalue weighted by atomic mass is 16.5. The third-order valence-corrected chi connectivity index (χ3v) is 3.30. The quantitative estimate of drug-likeness (QED) is 0.754. The van der Waals surface area contributed by atoms with Crippen LogP contribution in [0.4, 0.5) is 0 Å². The molecular formula is C10H16N2O. The van der Waals surface area contributed by atoms with E-state index in [1.807, 2.05) is 13.0 Å². The second-order valence-electron chi connectivity index (χ2n) is 4.60. The molecule has 1 saturated carbocycles. The van der Waals surface area contributed by atoms with E-state index in [1.54, 1.807) is 0 Å². The minimum Gasteiger partial charge on any atom is -0.361 e. The Morgan fingerprint density at radius 1 is 1.54 bits per heavy atom. The number of aryl methyl sites for hydroxylation is 1. The van der Waals surface area contributed by atoms with Gasteiger partial charge in [-0.05, 0) is 19.8 Å². The maximum atomic E-state index is 6.18. The summed E-state index contributed by atoms with van der Waals surface area (Å²) in [6, 6.07) is 1.98. The molecule has 0 amide bonds. The Morgan fingerprint density at radius 2 is 2.15 bits per heavy atom. The first-order valence-electron chi connectivity index (χ1n) is 4.68. The minimum absolute atomic E-state index is 0.0592. The van der Waals surface area contributed by atoms with Crippen molar-refractivity contribution in [3.05, 3.63) is 17.5 Å². The second kappa shape index (κ2) is 2.35. The molecule has 72 valence electrons. The Hall–Kier alpha value is -0.830. The van der Waals surface area contributed by atoms with Crippen molar-refractivity contribution >= 4 is 0 Å².